The van der Waals surface area contributed by atoms with Gasteiger partial charge in [0.15, 0.2) is 5.78 Å². The highest BCUT2D eigenvalue weighted by Gasteiger charge is 2.12. The van der Waals surface area contributed by atoms with Crippen molar-refractivity contribution >= 4 is 27.7 Å². The summed E-state index contributed by atoms with van der Waals surface area (Å²) in [5.41, 5.74) is 1.98. The van der Waals surface area contributed by atoms with Crippen molar-refractivity contribution in [3.05, 3.63) is 94.1 Å². The molecule has 0 radical (unpaired) electrons. The van der Waals surface area contributed by atoms with Crippen LogP contribution in [0, 0.1) is 0 Å². The summed E-state index contributed by atoms with van der Waals surface area (Å²) in [6.45, 7) is 0. The van der Waals surface area contributed by atoms with Gasteiger partial charge in [-0.05, 0) is 30.3 Å². The Bertz CT molecular complexity index is 1090. The second-order valence-corrected chi connectivity index (χ2v) is 5.33. The number of carbonyl (C=O) groups is 1. The lowest BCUT2D eigenvalue weighted by Gasteiger charge is -2.04. The third-order valence-electron chi connectivity index (χ3n) is 3.87. The summed E-state index contributed by atoms with van der Waals surface area (Å²) < 4.78 is 5.76. The molecule has 0 spiro atoms. The predicted octanol–water partition coefficient (Wildman–Crippen LogP) is 4.18. The van der Waals surface area contributed by atoms with Gasteiger partial charge in [-0.15, -0.1) is 0 Å². The Hall–Kier alpha value is -3.20. The highest BCUT2D eigenvalue weighted by molar-refractivity contribution is 6.10. The van der Waals surface area contributed by atoms with Gasteiger partial charge in [0, 0.05) is 11.1 Å². The van der Waals surface area contributed by atoms with Crippen LogP contribution in [0.5, 0.6) is 0 Å². The molecule has 0 saturated heterocycles. The average Bonchev–Trinajstić information content (AvgIpc) is 2.62. The van der Waals surface area contributed by atoms with Crippen LogP contribution >= 0.6 is 0 Å². The van der Waals surface area contributed by atoms with Crippen LogP contribution in [0.4, 0.5) is 0 Å². The van der Waals surface area contributed by atoms with Crippen molar-refractivity contribution in [1.29, 1.82) is 0 Å². The lowest BCUT2D eigenvalue weighted by atomic mass is 10.0. The fraction of sp³-hybridized carbons (Fsp3) is 0. The second-order valence-electron chi connectivity index (χ2n) is 5.33. The summed E-state index contributed by atoms with van der Waals surface area (Å²) in [7, 11) is 0. The van der Waals surface area contributed by atoms with Gasteiger partial charge in [0.2, 0.25) is 5.43 Å². The number of hydrogen-bond acceptors (Lipinski definition) is 3. The molecule has 0 bridgehead atoms. The van der Waals surface area contributed by atoms with Crippen LogP contribution in [0.25, 0.3) is 21.9 Å². The molecule has 1 heterocycles. The number of ketones is 1. The van der Waals surface area contributed by atoms with Crippen molar-refractivity contribution in [2.45, 2.75) is 0 Å². The highest BCUT2D eigenvalue weighted by atomic mass is 16.3. The maximum Gasteiger partial charge on any atom is 0.200 e. The van der Waals surface area contributed by atoms with Crippen LogP contribution < -0.4 is 5.43 Å². The zero-order chi connectivity index (χ0) is 15.8. The maximum absolute atomic E-state index is 12.6. The van der Waals surface area contributed by atoms with Crippen LogP contribution in [0.2, 0.25) is 0 Å². The fourth-order valence-electron chi connectivity index (χ4n) is 2.70. The van der Waals surface area contributed by atoms with Crippen LogP contribution in [-0.2, 0) is 0 Å². The molecule has 0 N–H and O–H groups in total. The Morgan fingerprint density at radius 1 is 0.696 bits per heavy atom. The Kier molecular flexibility index (Phi) is 3.05. The van der Waals surface area contributed by atoms with Gasteiger partial charge in [-0.25, -0.2) is 0 Å². The van der Waals surface area contributed by atoms with Crippen molar-refractivity contribution in [3.8, 4) is 0 Å². The minimum Gasteiger partial charge on any atom is -0.456 e. The predicted molar refractivity (Wildman–Crippen MR) is 89.9 cm³/mol. The van der Waals surface area contributed by atoms with Gasteiger partial charge < -0.3 is 4.42 Å². The first-order valence-corrected chi connectivity index (χ1v) is 7.29. The first-order valence-electron chi connectivity index (χ1n) is 7.29. The normalized spacial score (nSPS) is 11.0. The van der Waals surface area contributed by atoms with Gasteiger partial charge in [0.25, 0.3) is 0 Å². The van der Waals surface area contributed by atoms with Gasteiger partial charge in [0.05, 0.1) is 10.8 Å². The highest BCUT2D eigenvalue weighted by Crippen LogP contribution is 2.20. The lowest BCUT2D eigenvalue weighted by Crippen LogP contribution is -2.05. The average molecular weight is 300 g/mol. The first kappa shape index (κ1) is 13.5. The Labute approximate surface area is 131 Å². The topological polar surface area (TPSA) is 47.3 Å². The minimum atomic E-state index is -0.121. The molecule has 0 aliphatic rings. The molecule has 0 atom stereocenters. The van der Waals surface area contributed by atoms with E-state index in [1.807, 2.05) is 24.3 Å². The standard InChI is InChI=1S/C20H12O3/c21-19(13-6-2-1-3-7-13)14-10-11-18-16(12-14)20(22)15-8-4-5-9-17(15)23-18/h1-12H. The van der Waals surface area contributed by atoms with Crippen molar-refractivity contribution in [2.24, 2.45) is 0 Å². The van der Waals surface area contributed by atoms with Gasteiger partial charge in [-0.3, -0.25) is 9.59 Å². The molecule has 4 aromatic rings. The molecule has 0 aliphatic carbocycles. The Morgan fingerprint density at radius 2 is 1.39 bits per heavy atom. The van der Waals surface area contributed by atoms with E-state index < -0.39 is 0 Å². The van der Waals surface area contributed by atoms with E-state index in [0.717, 1.165) is 0 Å². The van der Waals surface area contributed by atoms with Crippen LogP contribution in [-0.4, -0.2) is 5.78 Å². The number of fused-ring (bicyclic) bond motifs is 2. The van der Waals surface area contributed by atoms with Gasteiger partial charge in [0.1, 0.15) is 11.2 Å². The van der Waals surface area contributed by atoms with E-state index in [9.17, 15) is 9.59 Å². The molecule has 23 heavy (non-hydrogen) atoms. The molecule has 3 aromatic carbocycles. The molecule has 4 rings (SSSR count). The molecule has 110 valence electrons. The van der Waals surface area contributed by atoms with Crippen LogP contribution in [0.15, 0.2) is 82.0 Å². The fourth-order valence-corrected chi connectivity index (χ4v) is 2.70. The second kappa shape index (κ2) is 5.21. The van der Waals surface area contributed by atoms with Crippen molar-refractivity contribution in [3.63, 3.8) is 0 Å². The van der Waals surface area contributed by atoms with E-state index in [4.69, 9.17) is 4.42 Å². The summed E-state index contributed by atoms with van der Waals surface area (Å²) in [6, 6.07) is 21.1. The molecular formula is C20H12O3. The molecule has 0 saturated carbocycles. The lowest BCUT2D eigenvalue weighted by molar-refractivity contribution is 0.103. The number of para-hydroxylation sites is 1. The van der Waals surface area contributed by atoms with Crippen LogP contribution in [0.3, 0.4) is 0 Å². The minimum absolute atomic E-state index is 0.111. The van der Waals surface area contributed by atoms with Crippen molar-refractivity contribution in [1.82, 2.24) is 0 Å². The van der Waals surface area contributed by atoms with Crippen LogP contribution in [0.1, 0.15) is 15.9 Å². The quantitative estimate of drug-likeness (QED) is 0.412. The zero-order valence-electron chi connectivity index (χ0n) is 12.2. The molecular weight excluding hydrogens is 288 g/mol. The van der Waals surface area contributed by atoms with Crippen molar-refractivity contribution in [2.75, 3.05) is 0 Å². The third kappa shape index (κ3) is 2.23. The molecule has 0 amide bonds. The first-order chi connectivity index (χ1) is 11.2. The number of rotatable bonds is 2. The summed E-state index contributed by atoms with van der Waals surface area (Å²) in [4.78, 5) is 25.2. The monoisotopic (exact) mass is 300 g/mol. The summed E-state index contributed by atoms with van der Waals surface area (Å²) in [5.74, 6) is -0.111. The smallest absolute Gasteiger partial charge is 0.200 e. The van der Waals surface area contributed by atoms with E-state index >= 15 is 0 Å². The summed E-state index contributed by atoms with van der Waals surface area (Å²) in [5, 5.41) is 0.940. The van der Waals surface area contributed by atoms with Crippen molar-refractivity contribution < 1.29 is 9.21 Å². The SMILES string of the molecule is O=C(c1ccccc1)c1ccc2oc3ccccc3c(=O)c2c1. The third-order valence-corrected chi connectivity index (χ3v) is 3.87. The van der Waals surface area contributed by atoms with E-state index in [-0.39, 0.29) is 11.2 Å². The van der Waals surface area contributed by atoms with E-state index in [0.29, 0.717) is 33.1 Å². The molecule has 3 nitrogen and oxygen atoms in total. The maximum atomic E-state index is 12.6. The molecule has 0 fully saturated rings. The number of hydrogen-bond donors (Lipinski definition) is 0. The zero-order valence-corrected chi connectivity index (χ0v) is 12.2. The Balaban J connectivity index is 1.94. The molecule has 3 heteroatoms. The number of benzene rings is 3. The molecule has 0 unspecified atom stereocenters. The Morgan fingerprint density at radius 3 is 2.22 bits per heavy atom. The van der Waals surface area contributed by atoms with Gasteiger partial charge in [-0.2, -0.15) is 0 Å². The summed E-state index contributed by atoms with van der Waals surface area (Å²) >= 11 is 0. The van der Waals surface area contributed by atoms with E-state index in [2.05, 4.69) is 0 Å². The van der Waals surface area contributed by atoms with E-state index in [1.165, 1.54) is 0 Å². The van der Waals surface area contributed by atoms with E-state index in [1.54, 1.807) is 48.5 Å². The summed E-state index contributed by atoms with van der Waals surface area (Å²) in [6.07, 6.45) is 0. The van der Waals surface area contributed by atoms with Gasteiger partial charge in [-0.1, -0.05) is 42.5 Å². The van der Waals surface area contributed by atoms with Gasteiger partial charge >= 0.3 is 0 Å². The molecule has 1 aromatic heterocycles. The largest absolute Gasteiger partial charge is 0.456 e. The molecule has 0 aliphatic heterocycles. The number of carbonyl (C=O) groups excluding carboxylic acids is 1.